The van der Waals surface area contributed by atoms with Gasteiger partial charge < -0.3 is 14.2 Å². The van der Waals surface area contributed by atoms with Gasteiger partial charge >= 0.3 is 11.9 Å². The lowest BCUT2D eigenvalue weighted by atomic mass is 9.96. The summed E-state index contributed by atoms with van der Waals surface area (Å²) >= 11 is 7.74. The Hall–Kier alpha value is -3.53. The van der Waals surface area contributed by atoms with E-state index < -0.39 is 18.0 Å². The molecule has 4 rings (SSSR count). The number of nitrogens with zero attached hydrogens (tertiary/aromatic N) is 2. The van der Waals surface area contributed by atoms with Crippen LogP contribution in [0.25, 0.3) is 6.08 Å². The number of hydrogen-bond donors (Lipinski definition) is 0. The van der Waals surface area contributed by atoms with E-state index in [1.54, 1.807) is 61.5 Å². The van der Waals surface area contributed by atoms with E-state index in [4.69, 9.17) is 25.8 Å². The number of halogens is 1. The van der Waals surface area contributed by atoms with Crippen LogP contribution in [0.15, 0.2) is 69.6 Å². The molecule has 1 unspecified atom stereocenters. The summed E-state index contributed by atoms with van der Waals surface area (Å²) in [4.78, 5) is 42.9. The zero-order valence-corrected chi connectivity index (χ0v) is 21.4. The van der Waals surface area contributed by atoms with Gasteiger partial charge in [0, 0.05) is 19.1 Å². The number of fused-ring (bicyclic) bond motifs is 1. The van der Waals surface area contributed by atoms with E-state index in [9.17, 15) is 14.4 Å². The third-order valence-corrected chi connectivity index (χ3v) is 6.73. The summed E-state index contributed by atoms with van der Waals surface area (Å²) < 4.78 is 17.3. The fraction of sp³-hybridized carbons (Fsp3) is 0.231. The summed E-state index contributed by atoms with van der Waals surface area (Å²) in [5, 5.41) is 0.412. The van der Waals surface area contributed by atoms with E-state index >= 15 is 0 Å². The topological polar surface area (TPSA) is 96.2 Å². The Balaban J connectivity index is 1.83. The molecule has 2 aromatic carbocycles. The van der Waals surface area contributed by atoms with E-state index in [0.717, 1.165) is 5.56 Å². The van der Waals surface area contributed by atoms with Gasteiger partial charge in [-0.1, -0.05) is 53.3 Å². The Morgan fingerprint density at radius 3 is 2.53 bits per heavy atom. The second-order valence-electron chi connectivity index (χ2n) is 7.89. The number of esters is 2. The summed E-state index contributed by atoms with van der Waals surface area (Å²) in [6, 6.07) is 13.0. The van der Waals surface area contributed by atoms with Crippen LogP contribution < -0.4 is 19.6 Å². The van der Waals surface area contributed by atoms with Crippen LogP contribution in [0.1, 0.15) is 31.0 Å². The van der Waals surface area contributed by atoms with Crippen LogP contribution in [-0.4, -0.2) is 36.8 Å². The molecule has 0 spiro atoms. The number of ether oxygens (including phenoxy) is 3. The number of aromatic nitrogens is 1. The molecule has 36 heavy (non-hydrogen) atoms. The molecule has 1 aromatic heterocycles. The van der Waals surface area contributed by atoms with Crippen molar-refractivity contribution < 1.29 is 23.8 Å². The number of hydrogen-bond acceptors (Lipinski definition) is 8. The second kappa shape index (κ2) is 11.0. The van der Waals surface area contributed by atoms with Gasteiger partial charge in [-0.05, 0) is 42.3 Å². The first-order chi connectivity index (χ1) is 17.3. The lowest BCUT2D eigenvalue weighted by Crippen LogP contribution is -2.40. The number of carbonyl (C=O) groups is 2. The molecule has 0 saturated carbocycles. The summed E-state index contributed by atoms with van der Waals surface area (Å²) in [5.41, 5.74) is 1.69. The Labute approximate surface area is 215 Å². The zero-order chi connectivity index (χ0) is 25.8. The summed E-state index contributed by atoms with van der Waals surface area (Å²) in [6.07, 6.45) is 1.72. The van der Waals surface area contributed by atoms with Crippen molar-refractivity contribution in [3.05, 3.63) is 95.6 Å². The molecule has 1 aliphatic heterocycles. The van der Waals surface area contributed by atoms with Crippen LogP contribution in [0.5, 0.6) is 5.75 Å². The molecule has 0 fully saturated rings. The SMILES string of the molecule is COCCOC(=O)C1=C(C)N=c2s/c(=C\c3ccc(OC(C)=O)cc3)c(=O)n2C1c1ccccc1Cl. The average molecular weight is 527 g/mol. The monoisotopic (exact) mass is 526 g/mol. The minimum absolute atomic E-state index is 0.0646. The lowest BCUT2D eigenvalue weighted by Gasteiger charge is -2.25. The lowest BCUT2D eigenvalue weighted by molar-refractivity contribution is -0.140. The van der Waals surface area contributed by atoms with Crippen molar-refractivity contribution in [2.45, 2.75) is 19.9 Å². The highest BCUT2D eigenvalue weighted by atomic mass is 35.5. The van der Waals surface area contributed by atoms with E-state index in [2.05, 4.69) is 4.99 Å². The maximum atomic E-state index is 13.6. The van der Waals surface area contributed by atoms with Crippen molar-refractivity contribution in [3.8, 4) is 5.75 Å². The number of rotatable bonds is 7. The second-order valence-corrected chi connectivity index (χ2v) is 9.31. The van der Waals surface area contributed by atoms with Crippen molar-refractivity contribution in [3.63, 3.8) is 0 Å². The molecule has 0 saturated heterocycles. The molecule has 0 N–H and O–H groups in total. The van der Waals surface area contributed by atoms with Gasteiger partial charge in [-0.15, -0.1) is 0 Å². The average Bonchev–Trinajstić information content (AvgIpc) is 3.14. The first-order valence-corrected chi connectivity index (χ1v) is 12.2. The van der Waals surface area contributed by atoms with Gasteiger partial charge in [-0.2, -0.15) is 0 Å². The minimum Gasteiger partial charge on any atom is -0.460 e. The highest BCUT2D eigenvalue weighted by Gasteiger charge is 2.34. The number of carbonyl (C=O) groups excluding carboxylic acids is 2. The quantitative estimate of drug-likeness (QED) is 0.267. The van der Waals surface area contributed by atoms with Gasteiger partial charge in [0.25, 0.3) is 5.56 Å². The Morgan fingerprint density at radius 1 is 1.14 bits per heavy atom. The van der Waals surface area contributed by atoms with E-state index in [1.165, 1.54) is 29.9 Å². The molecule has 1 atom stereocenters. The first kappa shape index (κ1) is 25.6. The molecular weight excluding hydrogens is 504 g/mol. The third kappa shape index (κ3) is 5.33. The predicted molar refractivity (Wildman–Crippen MR) is 136 cm³/mol. The van der Waals surface area contributed by atoms with Gasteiger partial charge in [-0.3, -0.25) is 14.2 Å². The number of allylic oxidation sites excluding steroid dienone is 1. The fourth-order valence-corrected chi connectivity index (χ4v) is 5.10. The van der Waals surface area contributed by atoms with Gasteiger partial charge in [0.05, 0.1) is 22.4 Å². The smallest absolute Gasteiger partial charge is 0.338 e. The molecule has 10 heteroatoms. The summed E-state index contributed by atoms with van der Waals surface area (Å²) in [7, 11) is 1.51. The van der Waals surface area contributed by atoms with Gasteiger partial charge in [0.2, 0.25) is 0 Å². The van der Waals surface area contributed by atoms with E-state index in [0.29, 0.717) is 31.4 Å². The number of benzene rings is 2. The molecule has 2 heterocycles. The van der Waals surface area contributed by atoms with Crippen molar-refractivity contribution in [1.82, 2.24) is 4.57 Å². The molecule has 0 radical (unpaired) electrons. The van der Waals surface area contributed by atoms with Gasteiger partial charge in [0.1, 0.15) is 18.4 Å². The van der Waals surface area contributed by atoms with Gasteiger partial charge in [0.15, 0.2) is 4.80 Å². The molecule has 186 valence electrons. The molecule has 0 aliphatic carbocycles. The van der Waals surface area contributed by atoms with Crippen LogP contribution in [0.3, 0.4) is 0 Å². The fourth-order valence-electron chi connectivity index (χ4n) is 3.82. The van der Waals surface area contributed by atoms with Crippen LogP contribution in [0, 0.1) is 0 Å². The van der Waals surface area contributed by atoms with Crippen molar-refractivity contribution >= 4 is 41.0 Å². The first-order valence-electron chi connectivity index (χ1n) is 11.0. The standard InChI is InChI=1S/C26H23ClN2O6S/c1-15-22(25(32)34-13-12-33-3)23(19-6-4-5-7-20(19)27)29-24(31)21(36-26(29)28-15)14-17-8-10-18(11-9-17)35-16(2)30/h4-11,14,23H,12-13H2,1-3H3/b21-14-. The molecule has 8 nitrogen and oxygen atoms in total. The van der Waals surface area contributed by atoms with Crippen LogP contribution in [-0.2, 0) is 19.1 Å². The third-order valence-electron chi connectivity index (χ3n) is 5.40. The summed E-state index contributed by atoms with van der Waals surface area (Å²) in [6.45, 7) is 3.34. The zero-order valence-electron chi connectivity index (χ0n) is 19.8. The van der Waals surface area contributed by atoms with Crippen molar-refractivity contribution in [2.24, 2.45) is 4.99 Å². The normalized spacial score (nSPS) is 15.3. The van der Waals surface area contributed by atoms with Crippen molar-refractivity contribution in [2.75, 3.05) is 20.3 Å². The largest absolute Gasteiger partial charge is 0.460 e. The van der Waals surface area contributed by atoms with E-state index in [1.807, 2.05) is 0 Å². The van der Waals surface area contributed by atoms with Crippen LogP contribution >= 0.6 is 22.9 Å². The Morgan fingerprint density at radius 2 is 1.86 bits per heavy atom. The molecule has 3 aromatic rings. The molecule has 0 bridgehead atoms. The molecule has 1 aliphatic rings. The van der Waals surface area contributed by atoms with Crippen LogP contribution in [0.4, 0.5) is 0 Å². The maximum absolute atomic E-state index is 13.6. The van der Waals surface area contributed by atoms with Gasteiger partial charge in [-0.25, -0.2) is 9.79 Å². The maximum Gasteiger partial charge on any atom is 0.338 e. The summed E-state index contributed by atoms with van der Waals surface area (Å²) in [5.74, 6) is -0.594. The Kier molecular flexibility index (Phi) is 7.83. The Bertz CT molecular complexity index is 1520. The number of thiazole rings is 1. The van der Waals surface area contributed by atoms with Crippen molar-refractivity contribution in [1.29, 1.82) is 0 Å². The minimum atomic E-state index is -0.807. The van der Waals surface area contributed by atoms with Crippen LogP contribution in [0.2, 0.25) is 5.02 Å². The molecule has 0 amide bonds. The van der Waals surface area contributed by atoms with E-state index in [-0.39, 0.29) is 24.3 Å². The highest BCUT2D eigenvalue weighted by Crippen LogP contribution is 2.34. The predicted octanol–water partition coefficient (Wildman–Crippen LogP) is 3.00. The highest BCUT2D eigenvalue weighted by molar-refractivity contribution is 7.07. The number of methoxy groups -OCH3 is 1. The molecular formula is C26H23ClN2O6S.